The summed E-state index contributed by atoms with van der Waals surface area (Å²) in [6.45, 7) is 0. The molecule has 5 heteroatoms. The molecule has 0 heterocycles. The maximum absolute atomic E-state index is 13.3. The van der Waals surface area contributed by atoms with Crippen molar-refractivity contribution < 1.29 is 19.5 Å². The summed E-state index contributed by atoms with van der Waals surface area (Å²) in [6.07, 6.45) is 1.98. The van der Waals surface area contributed by atoms with E-state index in [1.807, 2.05) is 54.6 Å². The van der Waals surface area contributed by atoms with Crippen LogP contribution in [-0.2, 0) is 9.59 Å². The second-order valence-electron chi connectivity index (χ2n) is 7.38. The highest BCUT2D eigenvalue weighted by Gasteiger charge is 2.34. The third-order valence-electron chi connectivity index (χ3n) is 5.54. The van der Waals surface area contributed by atoms with Crippen molar-refractivity contribution in [2.45, 2.75) is 31.7 Å². The molecule has 142 valence electrons. The first-order chi connectivity index (χ1) is 13.5. The van der Waals surface area contributed by atoms with Crippen molar-refractivity contribution in [3.05, 3.63) is 60.2 Å². The van der Waals surface area contributed by atoms with Gasteiger partial charge in [-0.3, -0.25) is 9.59 Å². The topological polar surface area (TPSA) is 83.5 Å². The highest BCUT2D eigenvalue weighted by molar-refractivity contribution is 6.18. The minimum atomic E-state index is -1.10. The van der Waals surface area contributed by atoms with Crippen molar-refractivity contribution in [3.63, 3.8) is 0 Å². The van der Waals surface area contributed by atoms with Gasteiger partial charge in [0.15, 0.2) is 0 Å². The molecule has 3 aromatic carbocycles. The molecule has 1 aliphatic rings. The van der Waals surface area contributed by atoms with E-state index in [1.165, 1.54) is 0 Å². The van der Waals surface area contributed by atoms with Gasteiger partial charge >= 0.3 is 5.97 Å². The first kappa shape index (κ1) is 18.2. The van der Waals surface area contributed by atoms with Gasteiger partial charge in [-0.05, 0) is 46.4 Å². The number of Topliss-reactive ketones (excluding diaryl/α,β-unsaturated/α-hetero) is 1. The van der Waals surface area contributed by atoms with Crippen LogP contribution < -0.4 is 5.32 Å². The SMILES string of the molecule is O=C1CCC[C@H]([C@H](NC(=O)c2c3ccccc3cc3ccccc23)C(=O)O)C1. The van der Waals surface area contributed by atoms with Crippen LogP contribution in [0.4, 0.5) is 0 Å². The number of benzene rings is 3. The second kappa shape index (κ2) is 7.43. The molecule has 0 aliphatic heterocycles. The highest BCUT2D eigenvalue weighted by atomic mass is 16.4. The number of fused-ring (bicyclic) bond motifs is 2. The molecule has 1 aliphatic carbocycles. The van der Waals surface area contributed by atoms with Gasteiger partial charge in [0.05, 0.1) is 5.56 Å². The van der Waals surface area contributed by atoms with Crippen molar-refractivity contribution in [1.29, 1.82) is 0 Å². The van der Waals surface area contributed by atoms with Crippen molar-refractivity contribution in [3.8, 4) is 0 Å². The number of carbonyl (C=O) groups is 3. The van der Waals surface area contributed by atoms with E-state index < -0.39 is 17.9 Å². The first-order valence-corrected chi connectivity index (χ1v) is 9.50. The zero-order valence-corrected chi connectivity index (χ0v) is 15.4. The Hall–Kier alpha value is -3.21. The Morgan fingerprint density at radius 1 is 1.00 bits per heavy atom. The standard InChI is InChI=1S/C23H21NO4/c25-17-9-5-8-16(13-17)21(23(27)28)24-22(26)20-18-10-3-1-6-14(18)12-15-7-2-4-11-19(15)20/h1-4,6-7,10-12,16,21H,5,8-9,13H2,(H,24,26)(H,27,28)/t16-,21-/m0/s1. The van der Waals surface area contributed by atoms with E-state index in [2.05, 4.69) is 5.32 Å². The monoisotopic (exact) mass is 375 g/mol. The predicted octanol–water partition coefficient (Wildman–Crippen LogP) is 3.94. The average Bonchev–Trinajstić information content (AvgIpc) is 2.69. The quantitative estimate of drug-likeness (QED) is 0.677. The second-order valence-corrected chi connectivity index (χ2v) is 7.38. The van der Waals surface area contributed by atoms with Gasteiger partial charge in [-0.15, -0.1) is 0 Å². The van der Waals surface area contributed by atoms with Crippen molar-refractivity contribution in [2.24, 2.45) is 5.92 Å². The molecular weight excluding hydrogens is 354 g/mol. The van der Waals surface area contributed by atoms with E-state index in [1.54, 1.807) is 0 Å². The molecule has 2 N–H and O–H groups in total. The summed E-state index contributed by atoms with van der Waals surface area (Å²) in [5.41, 5.74) is 0.474. The molecule has 0 radical (unpaired) electrons. The zero-order chi connectivity index (χ0) is 19.7. The highest BCUT2D eigenvalue weighted by Crippen LogP contribution is 2.30. The summed E-state index contributed by atoms with van der Waals surface area (Å²) >= 11 is 0. The Morgan fingerprint density at radius 3 is 2.18 bits per heavy atom. The molecule has 28 heavy (non-hydrogen) atoms. The lowest BCUT2D eigenvalue weighted by atomic mass is 9.83. The third kappa shape index (κ3) is 3.36. The van der Waals surface area contributed by atoms with Crippen LogP contribution in [0.2, 0.25) is 0 Å². The van der Waals surface area contributed by atoms with E-state index in [-0.39, 0.29) is 18.1 Å². The number of amides is 1. The van der Waals surface area contributed by atoms with E-state index in [4.69, 9.17) is 0 Å². The maximum Gasteiger partial charge on any atom is 0.326 e. The summed E-state index contributed by atoms with van der Waals surface area (Å²) in [7, 11) is 0. The predicted molar refractivity (Wildman–Crippen MR) is 107 cm³/mol. The Bertz CT molecular complexity index is 1030. The number of nitrogens with one attached hydrogen (secondary N) is 1. The maximum atomic E-state index is 13.3. The van der Waals surface area contributed by atoms with Gasteiger partial charge in [0.1, 0.15) is 11.8 Å². The fourth-order valence-electron chi connectivity index (χ4n) is 4.20. The molecule has 1 saturated carbocycles. The lowest BCUT2D eigenvalue weighted by Gasteiger charge is -2.27. The number of hydrogen-bond donors (Lipinski definition) is 2. The summed E-state index contributed by atoms with van der Waals surface area (Å²) in [6, 6.07) is 16.1. The summed E-state index contributed by atoms with van der Waals surface area (Å²) in [5, 5.41) is 15.8. The molecule has 4 rings (SSSR count). The molecule has 3 aromatic rings. The average molecular weight is 375 g/mol. The zero-order valence-electron chi connectivity index (χ0n) is 15.4. The summed E-state index contributed by atoms with van der Waals surface area (Å²) < 4.78 is 0. The summed E-state index contributed by atoms with van der Waals surface area (Å²) in [5.74, 6) is -1.83. The fraction of sp³-hybridized carbons (Fsp3) is 0.261. The number of aliphatic carboxylic acids is 1. The van der Waals surface area contributed by atoms with Gasteiger partial charge in [0.25, 0.3) is 5.91 Å². The number of carbonyl (C=O) groups excluding carboxylic acids is 2. The Balaban J connectivity index is 1.76. The number of ketones is 1. The minimum absolute atomic E-state index is 0.0624. The number of rotatable bonds is 4. The molecule has 1 amide bonds. The van der Waals surface area contributed by atoms with E-state index in [0.29, 0.717) is 24.8 Å². The van der Waals surface area contributed by atoms with Crippen LogP contribution in [0.15, 0.2) is 54.6 Å². The van der Waals surface area contributed by atoms with Gasteiger partial charge < -0.3 is 10.4 Å². The van der Waals surface area contributed by atoms with E-state index in [9.17, 15) is 19.5 Å². The summed E-state index contributed by atoms with van der Waals surface area (Å²) in [4.78, 5) is 36.9. The Kier molecular flexibility index (Phi) is 4.82. The van der Waals surface area contributed by atoms with Gasteiger partial charge in [-0.2, -0.15) is 0 Å². The molecule has 0 aromatic heterocycles. The van der Waals surface area contributed by atoms with Gasteiger partial charge in [0.2, 0.25) is 0 Å². The lowest BCUT2D eigenvalue weighted by molar-refractivity contribution is -0.141. The van der Waals surface area contributed by atoms with E-state index >= 15 is 0 Å². The third-order valence-corrected chi connectivity index (χ3v) is 5.54. The van der Waals surface area contributed by atoms with Gasteiger partial charge in [0, 0.05) is 12.8 Å². The van der Waals surface area contributed by atoms with Crippen LogP contribution in [0.25, 0.3) is 21.5 Å². The molecule has 0 spiro atoms. The largest absolute Gasteiger partial charge is 0.480 e. The van der Waals surface area contributed by atoms with Crippen molar-refractivity contribution in [1.82, 2.24) is 5.32 Å². The number of carboxylic acid groups (broad SMARTS) is 1. The first-order valence-electron chi connectivity index (χ1n) is 9.50. The molecule has 0 saturated heterocycles. The smallest absolute Gasteiger partial charge is 0.326 e. The molecule has 2 atom stereocenters. The molecule has 0 unspecified atom stereocenters. The van der Waals surface area contributed by atoms with Crippen LogP contribution in [0.1, 0.15) is 36.0 Å². The Labute approximate surface area is 162 Å². The molecule has 5 nitrogen and oxygen atoms in total. The minimum Gasteiger partial charge on any atom is -0.480 e. The van der Waals surface area contributed by atoms with Crippen LogP contribution in [0.5, 0.6) is 0 Å². The van der Waals surface area contributed by atoms with Crippen molar-refractivity contribution >= 4 is 39.2 Å². The molecule has 0 bridgehead atoms. The number of hydrogen-bond acceptors (Lipinski definition) is 3. The fourth-order valence-corrected chi connectivity index (χ4v) is 4.20. The normalized spacial score (nSPS) is 18.1. The molecular formula is C23H21NO4. The van der Waals surface area contributed by atoms with Crippen LogP contribution in [0.3, 0.4) is 0 Å². The molecule has 1 fully saturated rings. The van der Waals surface area contributed by atoms with Crippen LogP contribution in [0, 0.1) is 5.92 Å². The van der Waals surface area contributed by atoms with Crippen molar-refractivity contribution in [2.75, 3.05) is 0 Å². The van der Waals surface area contributed by atoms with Crippen LogP contribution in [-0.4, -0.2) is 28.8 Å². The van der Waals surface area contributed by atoms with E-state index in [0.717, 1.165) is 21.5 Å². The Morgan fingerprint density at radius 2 is 1.61 bits per heavy atom. The van der Waals surface area contributed by atoms with Gasteiger partial charge in [-0.25, -0.2) is 4.79 Å². The lowest BCUT2D eigenvalue weighted by Crippen LogP contribution is -2.47. The van der Waals surface area contributed by atoms with Gasteiger partial charge in [-0.1, -0.05) is 48.5 Å². The number of carboxylic acids is 1. The van der Waals surface area contributed by atoms with Crippen LogP contribution >= 0.6 is 0 Å².